The van der Waals surface area contributed by atoms with Gasteiger partial charge in [0.25, 0.3) is 0 Å². The van der Waals surface area contributed by atoms with Crippen LogP contribution in [-0.4, -0.2) is 15.0 Å². The van der Waals surface area contributed by atoms with Gasteiger partial charge in [0.05, 0.1) is 10.9 Å². The number of nitrogens with zero attached hydrogens (tertiary/aromatic N) is 3. The van der Waals surface area contributed by atoms with Crippen LogP contribution in [0.15, 0.2) is 48.5 Å². The maximum Gasteiger partial charge on any atom is 0.113 e. The Hall–Kier alpha value is -1.87. The smallest absolute Gasteiger partial charge is 0.113 e. The van der Waals surface area contributed by atoms with E-state index in [4.69, 9.17) is 11.6 Å². The van der Waals surface area contributed by atoms with Crippen molar-refractivity contribution in [2.45, 2.75) is 5.38 Å². The molecule has 1 atom stereocenters. The van der Waals surface area contributed by atoms with Gasteiger partial charge in [-0.05, 0) is 23.3 Å². The van der Waals surface area contributed by atoms with Gasteiger partial charge in [-0.1, -0.05) is 41.6 Å². The van der Waals surface area contributed by atoms with Crippen LogP contribution in [0.3, 0.4) is 0 Å². The number of alkyl halides is 1. The van der Waals surface area contributed by atoms with Crippen molar-refractivity contribution in [2.24, 2.45) is 7.05 Å². The van der Waals surface area contributed by atoms with Gasteiger partial charge in [0.1, 0.15) is 5.52 Å². The third-order valence-electron chi connectivity index (χ3n) is 3.02. The highest BCUT2D eigenvalue weighted by molar-refractivity contribution is 6.22. The Kier molecular flexibility index (Phi) is 2.76. The Labute approximate surface area is 110 Å². The van der Waals surface area contributed by atoms with Crippen molar-refractivity contribution in [3.63, 3.8) is 0 Å². The van der Waals surface area contributed by atoms with E-state index in [0.717, 1.165) is 22.2 Å². The van der Waals surface area contributed by atoms with Crippen LogP contribution in [0.2, 0.25) is 0 Å². The summed E-state index contributed by atoms with van der Waals surface area (Å²) >= 11 is 6.48. The minimum absolute atomic E-state index is 0.155. The van der Waals surface area contributed by atoms with Crippen molar-refractivity contribution in [3.8, 4) is 0 Å². The van der Waals surface area contributed by atoms with Crippen molar-refractivity contribution in [1.29, 1.82) is 0 Å². The van der Waals surface area contributed by atoms with Crippen molar-refractivity contribution in [3.05, 3.63) is 59.7 Å². The van der Waals surface area contributed by atoms with Crippen LogP contribution in [0.4, 0.5) is 0 Å². The number of rotatable bonds is 2. The lowest BCUT2D eigenvalue weighted by Crippen LogP contribution is -1.93. The highest BCUT2D eigenvalue weighted by atomic mass is 35.5. The van der Waals surface area contributed by atoms with Crippen LogP contribution in [0.1, 0.15) is 16.5 Å². The third-order valence-corrected chi connectivity index (χ3v) is 3.52. The molecule has 2 aromatic carbocycles. The molecule has 0 saturated carbocycles. The van der Waals surface area contributed by atoms with E-state index < -0.39 is 0 Å². The molecular weight excluding hydrogens is 246 g/mol. The molecule has 1 aromatic heterocycles. The second-order valence-electron chi connectivity index (χ2n) is 4.23. The van der Waals surface area contributed by atoms with Crippen LogP contribution in [-0.2, 0) is 7.05 Å². The monoisotopic (exact) mass is 257 g/mol. The normalized spacial score (nSPS) is 12.8. The summed E-state index contributed by atoms with van der Waals surface area (Å²) in [5.41, 5.74) is 4.01. The Morgan fingerprint density at radius 1 is 1.06 bits per heavy atom. The number of halogens is 1. The predicted molar refractivity (Wildman–Crippen MR) is 72.6 cm³/mol. The van der Waals surface area contributed by atoms with E-state index in [1.54, 1.807) is 4.68 Å². The minimum Gasteiger partial charge on any atom is -0.248 e. The topological polar surface area (TPSA) is 30.7 Å². The first-order valence-electron chi connectivity index (χ1n) is 5.74. The average Bonchev–Trinajstić information content (AvgIpc) is 2.80. The van der Waals surface area contributed by atoms with Crippen LogP contribution >= 0.6 is 11.6 Å². The SMILES string of the molecule is Cn1nnc2cc(C(Cl)c3ccccc3)ccc21. The molecule has 3 nitrogen and oxygen atoms in total. The Balaban J connectivity index is 2.04. The fourth-order valence-corrected chi connectivity index (χ4v) is 2.31. The lowest BCUT2D eigenvalue weighted by atomic mass is 10.0. The summed E-state index contributed by atoms with van der Waals surface area (Å²) in [4.78, 5) is 0. The van der Waals surface area contributed by atoms with E-state index in [2.05, 4.69) is 10.3 Å². The Morgan fingerprint density at radius 2 is 1.83 bits per heavy atom. The molecule has 0 aliphatic rings. The summed E-state index contributed by atoms with van der Waals surface area (Å²) < 4.78 is 1.75. The number of aryl methyl sites for hydroxylation is 1. The predicted octanol–water partition coefficient (Wildman–Crippen LogP) is 3.30. The molecule has 18 heavy (non-hydrogen) atoms. The molecule has 1 heterocycles. The molecule has 0 aliphatic heterocycles. The quantitative estimate of drug-likeness (QED) is 0.660. The van der Waals surface area contributed by atoms with E-state index in [1.165, 1.54) is 0 Å². The van der Waals surface area contributed by atoms with Crippen LogP contribution in [0.25, 0.3) is 11.0 Å². The molecule has 4 heteroatoms. The molecule has 0 fully saturated rings. The minimum atomic E-state index is -0.155. The number of benzene rings is 2. The van der Waals surface area contributed by atoms with Crippen LogP contribution < -0.4 is 0 Å². The molecule has 0 bridgehead atoms. The van der Waals surface area contributed by atoms with Gasteiger partial charge in [-0.3, -0.25) is 0 Å². The zero-order valence-corrected chi connectivity index (χ0v) is 10.7. The first-order valence-corrected chi connectivity index (χ1v) is 6.18. The maximum absolute atomic E-state index is 6.48. The van der Waals surface area contributed by atoms with Crippen molar-refractivity contribution < 1.29 is 0 Å². The molecule has 0 aliphatic carbocycles. The lowest BCUT2D eigenvalue weighted by Gasteiger charge is -2.09. The molecule has 0 spiro atoms. The van der Waals surface area contributed by atoms with E-state index in [0.29, 0.717) is 0 Å². The van der Waals surface area contributed by atoms with Gasteiger partial charge in [-0.15, -0.1) is 16.7 Å². The summed E-state index contributed by atoms with van der Waals surface area (Å²) in [6.07, 6.45) is 0. The summed E-state index contributed by atoms with van der Waals surface area (Å²) in [5.74, 6) is 0. The van der Waals surface area contributed by atoms with Gasteiger partial charge in [0.15, 0.2) is 0 Å². The second-order valence-corrected chi connectivity index (χ2v) is 4.67. The zero-order chi connectivity index (χ0) is 12.5. The number of hydrogen-bond donors (Lipinski definition) is 0. The fourth-order valence-electron chi connectivity index (χ4n) is 2.03. The van der Waals surface area contributed by atoms with Gasteiger partial charge in [0, 0.05) is 7.05 Å². The Bertz CT molecular complexity index is 676. The second kappa shape index (κ2) is 4.42. The fraction of sp³-hybridized carbons (Fsp3) is 0.143. The van der Waals surface area contributed by atoms with Gasteiger partial charge < -0.3 is 0 Å². The van der Waals surface area contributed by atoms with E-state index in [-0.39, 0.29) is 5.38 Å². The molecule has 3 aromatic rings. The van der Waals surface area contributed by atoms with Gasteiger partial charge in [-0.2, -0.15) is 0 Å². The lowest BCUT2D eigenvalue weighted by molar-refractivity contribution is 0.736. The van der Waals surface area contributed by atoms with Gasteiger partial charge in [-0.25, -0.2) is 4.68 Å². The van der Waals surface area contributed by atoms with Crippen molar-refractivity contribution in [2.75, 3.05) is 0 Å². The number of fused-ring (bicyclic) bond motifs is 1. The zero-order valence-electron chi connectivity index (χ0n) is 9.92. The summed E-state index contributed by atoms with van der Waals surface area (Å²) in [5, 5.41) is 7.95. The standard InChI is InChI=1S/C14H12ClN3/c1-18-13-8-7-11(9-12(13)16-17-18)14(15)10-5-3-2-4-6-10/h2-9,14H,1H3. The first-order chi connectivity index (χ1) is 8.75. The Morgan fingerprint density at radius 3 is 2.61 bits per heavy atom. The van der Waals surface area contributed by atoms with Crippen molar-refractivity contribution >= 4 is 22.6 Å². The summed E-state index contributed by atoms with van der Waals surface area (Å²) in [7, 11) is 1.88. The van der Waals surface area contributed by atoms with E-state index >= 15 is 0 Å². The number of aromatic nitrogens is 3. The largest absolute Gasteiger partial charge is 0.248 e. The molecule has 0 radical (unpaired) electrons. The molecule has 0 amide bonds. The highest BCUT2D eigenvalue weighted by Crippen LogP contribution is 2.29. The van der Waals surface area contributed by atoms with Crippen molar-refractivity contribution in [1.82, 2.24) is 15.0 Å². The average molecular weight is 258 g/mol. The van der Waals surface area contributed by atoms with Gasteiger partial charge >= 0.3 is 0 Å². The molecule has 0 saturated heterocycles. The van der Waals surface area contributed by atoms with E-state index in [9.17, 15) is 0 Å². The molecule has 90 valence electrons. The first kappa shape index (κ1) is 11.2. The molecule has 0 N–H and O–H groups in total. The molecular formula is C14H12ClN3. The summed E-state index contributed by atoms with van der Waals surface area (Å²) in [6.45, 7) is 0. The van der Waals surface area contributed by atoms with Crippen LogP contribution in [0.5, 0.6) is 0 Å². The van der Waals surface area contributed by atoms with Crippen LogP contribution in [0, 0.1) is 0 Å². The summed E-state index contributed by atoms with van der Waals surface area (Å²) in [6, 6.07) is 16.0. The number of hydrogen-bond acceptors (Lipinski definition) is 2. The molecule has 3 rings (SSSR count). The maximum atomic E-state index is 6.48. The van der Waals surface area contributed by atoms with E-state index in [1.807, 2.05) is 55.6 Å². The van der Waals surface area contributed by atoms with Gasteiger partial charge in [0.2, 0.25) is 0 Å². The highest BCUT2D eigenvalue weighted by Gasteiger charge is 2.12. The third kappa shape index (κ3) is 1.87. The molecule has 1 unspecified atom stereocenters.